The van der Waals surface area contributed by atoms with Gasteiger partial charge in [0.15, 0.2) is 0 Å². The fourth-order valence-electron chi connectivity index (χ4n) is 1.24. The van der Waals surface area contributed by atoms with Crippen LogP contribution in [0.25, 0.3) is 0 Å². The summed E-state index contributed by atoms with van der Waals surface area (Å²) in [5, 5.41) is 18.3. The van der Waals surface area contributed by atoms with Gasteiger partial charge in [-0.1, -0.05) is 11.8 Å². The Kier molecular flexibility index (Phi) is 2.89. The SMILES string of the molecule is Cc1nnc(SC2COC2)c(C#N)c1C. The zero-order valence-electron chi connectivity index (χ0n) is 8.65. The first-order valence-electron chi connectivity index (χ1n) is 4.70. The van der Waals surface area contributed by atoms with E-state index >= 15 is 0 Å². The van der Waals surface area contributed by atoms with E-state index in [1.54, 1.807) is 11.8 Å². The number of rotatable bonds is 2. The molecule has 1 aromatic heterocycles. The van der Waals surface area contributed by atoms with Gasteiger partial charge in [-0.05, 0) is 19.4 Å². The molecule has 0 aliphatic carbocycles. The topological polar surface area (TPSA) is 58.8 Å². The van der Waals surface area contributed by atoms with Gasteiger partial charge in [0.1, 0.15) is 11.1 Å². The van der Waals surface area contributed by atoms with Crippen molar-refractivity contribution in [2.75, 3.05) is 13.2 Å². The number of aryl methyl sites for hydroxylation is 1. The molecule has 0 N–H and O–H groups in total. The van der Waals surface area contributed by atoms with E-state index < -0.39 is 0 Å². The van der Waals surface area contributed by atoms with Gasteiger partial charge in [-0.3, -0.25) is 0 Å². The molecule has 0 saturated carbocycles. The van der Waals surface area contributed by atoms with Crippen LogP contribution >= 0.6 is 11.8 Å². The van der Waals surface area contributed by atoms with Gasteiger partial charge >= 0.3 is 0 Å². The second kappa shape index (κ2) is 4.17. The number of nitriles is 1. The van der Waals surface area contributed by atoms with Crippen molar-refractivity contribution in [1.29, 1.82) is 5.26 Å². The summed E-state index contributed by atoms with van der Waals surface area (Å²) in [6, 6.07) is 2.19. The Morgan fingerprint density at radius 1 is 1.40 bits per heavy atom. The quantitative estimate of drug-likeness (QED) is 0.756. The molecule has 0 aromatic carbocycles. The van der Waals surface area contributed by atoms with Crippen LogP contribution in [-0.2, 0) is 4.74 Å². The lowest BCUT2D eigenvalue weighted by Gasteiger charge is -2.24. The molecule has 5 heteroatoms. The van der Waals surface area contributed by atoms with Crippen molar-refractivity contribution in [1.82, 2.24) is 10.2 Å². The van der Waals surface area contributed by atoms with Crippen molar-refractivity contribution in [3.8, 4) is 6.07 Å². The Labute approximate surface area is 92.7 Å². The largest absolute Gasteiger partial charge is 0.379 e. The van der Waals surface area contributed by atoms with E-state index in [4.69, 9.17) is 10.00 Å². The highest BCUT2D eigenvalue weighted by atomic mass is 32.2. The number of thioether (sulfide) groups is 1. The molecule has 1 fully saturated rings. The summed E-state index contributed by atoms with van der Waals surface area (Å²) >= 11 is 1.58. The molecule has 0 amide bonds. The number of aromatic nitrogens is 2. The predicted molar refractivity (Wildman–Crippen MR) is 56.7 cm³/mol. The second-order valence-electron chi connectivity index (χ2n) is 3.48. The first-order valence-corrected chi connectivity index (χ1v) is 5.58. The van der Waals surface area contributed by atoms with Crippen molar-refractivity contribution in [2.24, 2.45) is 0 Å². The Balaban J connectivity index is 2.30. The molecule has 0 radical (unpaired) electrons. The Morgan fingerprint density at radius 2 is 2.13 bits per heavy atom. The van der Waals surface area contributed by atoms with Crippen molar-refractivity contribution < 1.29 is 4.74 Å². The molecule has 2 heterocycles. The van der Waals surface area contributed by atoms with E-state index in [0.29, 0.717) is 10.8 Å². The molecule has 0 unspecified atom stereocenters. The van der Waals surface area contributed by atoms with Crippen molar-refractivity contribution in [2.45, 2.75) is 24.1 Å². The first-order chi connectivity index (χ1) is 7.22. The van der Waals surface area contributed by atoms with Gasteiger partial charge in [0.2, 0.25) is 0 Å². The normalized spacial score (nSPS) is 15.8. The third kappa shape index (κ3) is 1.96. The van der Waals surface area contributed by atoms with Gasteiger partial charge in [-0.25, -0.2) is 0 Å². The molecule has 1 aliphatic rings. The maximum Gasteiger partial charge on any atom is 0.137 e. The van der Waals surface area contributed by atoms with Crippen molar-refractivity contribution in [3.63, 3.8) is 0 Å². The zero-order valence-corrected chi connectivity index (χ0v) is 9.47. The minimum atomic E-state index is 0.425. The first kappa shape index (κ1) is 10.4. The minimum absolute atomic E-state index is 0.425. The summed E-state index contributed by atoms with van der Waals surface area (Å²) < 4.78 is 5.08. The van der Waals surface area contributed by atoms with Crippen LogP contribution in [0.4, 0.5) is 0 Å². The van der Waals surface area contributed by atoms with Crippen LogP contribution < -0.4 is 0 Å². The molecule has 0 bridgehead atoms. The fraction of sp³-hybridized carbons (Fsp3) is 0.500. The lowest BCUT2D eigenvalue weighted by Crippen LogP contribution is -2.30. The zero-order chi connectivity index (χ0) is 10.8. The molecule has 0 spiro atoms. The van der Waals surface area contributed by atoms with Gasteiger partial charge in [0.05, 0.1) is 29.7 Å². The predicted octanol–water partition coefficient (Wildman–Crippen LogP) is 1.46. The smallest absolute Gasteiger partial charge is 0.137 e. The third-order valence-corrected chi connectivity index (χ3v) is 3.53. The third-order valence-electron chi connectivity index (χ3n) is 2.42. The van der Waals surface area contributed by atoms with Gasteiger partial charge in [0, 0.05) is 0 Å². The summed E-state index contributed by atoms with van der Waals surface area (Å²) in [5.74, 6) is 0. The van der Waals surface area contributed by atoms with E-state index in [9.17, 15) is 0 Å². The van der Waals surface area contributed by atoms with Crippen molar-refractivity contribution >= 4 is 11.8 Å². The van der Waals surface area contributed by atoms with Gasteiger partial charge < -0.3 is 4.74 Å². The molecular formula is C10H11N3OS. The van der Waals surface area contributed by atoms with Crippen LogP contribution in [0.2, 0.25) is 0 Å². The molecule has 0 atom stereocenters. The molecule has 1 saturated heterocycles. The van der Waals surface area contributed by atoms with Crippen LogP contribution in [0.15, 0.2) is 5.03 Å². The monoisotopic (exact) mass is 221 g/mol. The summed E-state index contributed by atoms with van der Waals surface area (Å²) in [5.41, 5.74) is 2.40. The van der Waals surface area contributed by atoms with Gasteiger partial charge in [-0.2, -0.15) is 10.4 Å². The standard InChI is InChI=1S/C10H11N3OS/c1-6-7(2)12-13-10(9(6)3-11)15-8-4-14-5-8/h8H,4-5H2,1-2H3. The van der Waals surface area contributed by atoms with E-state index in [-0.39, 0.29) is 0 Å². The molecule has 1 aliphatic heterocycles. The number of hydrogen-bond acceptors (Lipinski definition) is 5. The highest BCUT2D eigenvalue weighted by Gasteiger charge is 2.23. The lowest BCUT2D eigenvalue weighted by molar-refractivity contribution is 0.0454. The fourth-order valence-corrected chi connectivity index (χ4v) is 2.29. The second-order valence-corrected chi connectivity index (χ2v) is 4.77. The average Bonchev–Trinajstić information content (AvgIpc) is 2.17. The number of ether oxygens (including phenoxy) is 1. The highest BCUT2D eigenvalue weighted by molar-refractivity contribution is 8.00. The van der Waals surface area contributed by atoms with E-state index in [2.05, 4.69) is 16.3 Å². The molecular weight excluding hydrogens is 210 g/mol. The lowest BCUT2D eigenvalue weighted by atomic mass is 10.1. The molecule has 1 aromatic rings. The molecule has 15 heavy (non-hydrogen) atoms. The summed E-state index contributed by atoms with van der Waals surface area (Å²) in [4.78, 5) is 0. The van der Waals surface area contributed by atoms with Crippen LogP contribution in [-0.4, -0.2) is 28.7 Å². The van der Waals surface area contributed by atoms with E-state index in [1.807, 2.05) is 13.8 Å². The minimum Gasteiger partial charge on any atom is -0.379 e. The van der Waals surface area contributed by atoms with Crippen LogP contribution in [0.1, 0.15) is 16.8 Å². The number of hydrogen-bond donors (Lipinski definition) is 0. The summed E-state index contributed by atoms with van der Waals surface area (Å²) in [7, 11) is 0. The van der Waals surface area contributed by atoms with Crippen molar-refractivity contribution in [3.05, 3.63) is 16.8 Å². The van der Waals surface area contributed by atoms with Gasteiger partial charge in [-0.15, -0.1) is 5.10 Å². The Bertz CT molecular complexity index is 423. The van der Waals surface area contributed by atoms with Crippen LogP contribution in [0.5, 0.6) is 0 Å². The Hall–Kier alpha value is -1.12. The van der Waals surface area contributed by atoms with E-state index in [1.165, 1.54) is 0 Å². The van der Waals surface area contributed by atoms with Crippen LogP contribution in [0, 0.1) is 25.2 Å². The van der Waals surface area contributed by atoms with Crippen LogP contribution in [0.3, 0.4) is 0 Å². The average molecular weight is 221 g/mol. The Morgan fingerprint density at radius 3 is 2.67 bits per heavy atom. The molecule has 2 rings (SSSR count). The summed E-state index contributed by atoms with van der Waals surface area (Å²) in [6.45, 7) is 5.25. The molecule has 4 nitrogen and oxygen atoms in total. The number of nitrogens with zero attached hydrogens (tertiary/aromatic N) is 3. The maximum atomic E-state index is 9.06. The highest BCUT2D eigenvalue weighted by Crippen LogP contribution is 2.29. The van der Waals surface area contributed by atoms with E-state index in [0.717, 1.165) is 29.5 Å². The van der Waals surface area contributed by atoms with Gasteiger partial charge in [0.25, 0.3) is 0 Å². The summed E-state index contributed by atoms with van der Waals surface area (Å²) in [6.07, 6.45) is 0. The maximum absolute atomic E-state index is 9.06. The molecule has 78 valence electrons.